The number of amides is 2. The Bertz CT molecular complexity index is 1250. The lowest BCUT2D eigenvalue weighted by molar-refractivity contribution is -0.253. The predicted octanol–water partition coefficient (Wildman–Crippen LogP) is 4.53. The van der Waals surface area contributed by atoms with Crippen LogP contribution in [0.1, 0.15) is 94.8 Å². The lowest BCUT2D eigenvalue weighted by Gasteiger charge is -2.38. The highest BCUT2D eigenvalue weighted by Crippen LogP contribution is 2.39. The molecule has 11 nitrogen and oxygen atoms in total. The maximum Gasteiger partial charge on any atom is 0.323 e. The molecule has 4 N–H and O–H groups in total. The number of carbonyl (C=O) groups is 3. The number of nitrogens with zero attached hydrogens (tertiary/aromatic N) is 1. The minimum Gasteiger partial charge on any atom is -0.459 e. The average molecular weight is 612 g/mol. The van der Waals surface area contributed by atoms with Gasteiger partial charge in [-0.05, 0) is 76.3 Å². The first kappa shape index (κ1) is 33.5. The Morgan fingerprint density at radius 3 is 2.25 bits per heavy atom. The van der Waals surface area contributed by atoms with E-state index in [1.54, 1.807) is 17.6 Å². The van der Waals surface area contributed by atoms with Crippen LogP contribution in [0.25, 0.3) is 0 Å². The van der Waals surface area contributed by atoms with Crippen LogP contribution in [0, 0.1) is 0 Å². The SMILES string of the molecule is CC(C)(C)OC(=O)[C@@H]1CCCN1C[C@H]1C[C@@H](c2ccc(CO)cc2)O[C@@H](c2ccc(NC(=O)CCCCC(=O)NO)cc2)O1. The average Bonchev–Trinajstić information content (AvgIpc) is 3.47. The smallest absolute Gasteiger partial charge is 0.323 e. The Labute approximate surface area is 258 Å². The van der Waals surface area contributed by atoms with Crippen molar-refractivity contribution in [1.29, 1.82) is 0 Å². The van der Waals surface area contributed by atoms with Crippen LogP contribution >= 0.6 is 0 Å². The number of likely N-dealkylation sites (tertiary alicyclic amines) is 1. The van der Waals surface area contributed by atoms with Crippen molar-refractivity contribution >= 4 is 23.5 Å². The third-order valence-corrected chi connectivity index (χ3v) is 7.74. The van der Waals surface area contributed by atoms with Gasteiger partial charge in [0.05, 0.1) is 18.8 Å². The van der Waals surface area contributed by atoms with Gasteiger partial charge in [0.1, 0.15) is 11.6 Å². The summed E-state index contributed by atoms with van der Waals surface area (Å²) in [6, 6.07) is 14.7. The van der Waals surface area contributed by atoms with Crippen LogP contribution < -0.4 is 10.8 Å². The lowest BCUT2D eigenvalue weighted by atomic mass is 9.99. The molecular formula is C33H45N3O8. The van der Waals surface area contributed by atoms with Crippen LogP contribution in [-0.4, -0.2) is 63.8 Å². The molecule has 2 amide bonds. The Morgan fingerprint density at radius 1 is 0.955 bits per heavy atom. The molecule has 0 aromatic heterocycles. The highest BCUT2D eigenvalue weighted by Gasteiger charge is 2.38. The van der Waals surface area contributed by atoms with Gasteiger partial charge in [0.15, 0.2) is 6.29 Å². The molecule has 4 rings (SSSR count). The fraction of sp³-hybridized carbons (Fsp3) is 0.545. The van der Waals surface area contributed by atoms with Crippen molar-refractivity contribution in [1.82, 2.24) is 10.4 Å². The van der Waals surface area contributed by atoms with Gasteiger partial charge in [-0.3, -0.25) is 24.5 Å². The first-order valence-corrected chi connectivity index (χ1v) is 15.3. The molecule has 2 aliphatic heterocycles. The Hall–Kier alpha value is -3.35. The fourth-order valence-electron chi connectivity index (χ4n) is 5.55. The summed E-state index contributed by atoms with van der Waals surface area (Å²) < 4.78 is 18.6. The summed E-state index contributed by atoms with van der Waals surface area (Å²) in [5.74, 6) is -0.838. The van der Waals surface area contributed by atoms with E-state index in [1.807, 2.05) is 57.2 Å². The molecule has 0 bridgehead atoms. The molecule has 0 unspecified atom stereocenters. The van der Waals surface area contributed by atoms with Gasteiger partial charge in [-0.15, -0.1) is 0 Å². The number of hydrogen-bond donors (Lipinski definition) is 4. The van der Waals surface area contributed by atoms with Gasteiger partial charge in [-0.2, -0.15) is 0 Å². The number of anilines is 1. The van der Waals surface area contributed by atoms with Crippen LogP contribution in [0.4, 0.5) is 5.69 Å². The van der Waals surface area contributed by atoms with E-state index in [2.05, 4.69) is 10.2 Å². The zero-order chi connectivity index (χ0) is 31.7. The second-order valence-electron chi connectivity index (χ2n) is 12.4. The largest absolute Gasteiger partial charge is 0.459 e. The quantitative estimate of drug-likeness (QED) is 0.118. The van der Waals surface area contributed by atoms with E-state index >= 15 is 0 Å². The maximum atomic E-state index is 13.0. The van der Waals surface area contributed by atoms with Crippen LogP contribution in [0.5, 0.6) is 0 Å². The topological polar surface area (TPSA) is 147 Å². The molecule has 2 fully saturated rings. The predicted molar refractivity (Wildman–Crippen MR) is 162 cm³/mol. The fourth-order valence-corrected chi connectivity index (χ4v) is 5.55. The van der Waals surface area contributed by atoms with Crippen molar-refractivity contribution in [3.63, 3.8) is 0 Å². The monoisotopic (exact) mass is 611 g/mol. The van der Waals surface area contributed by atoms with E-state index in [-0.39, 0.29) is 49.6 Å². The van der Waals surface area contributed by atoms with Crippen LogP contribution in [0.3, 0.4) is 0 Å². The summed E-state index contributed by atoms with van der Waals surface area (Å²) in [5, 5.41) is 20.9. The molecule has 2 aromatic rings. The number of rotatable bonds is 12. The molecule has 0 saturated carbocycles. The van der Waals surface area contributed by atoms with E-state index in [4.69, 9.17) is 19.4 Å². The van der Waals surface area contributed by atoms with Crippen molar-refractivity contribution in [2.45, 2.75) is 102 Å². The van der Waals surface area contributed by atoms with Crippen molar-refractivity contribution in [2.24, 2.45) is 0 Å². The summed E-state index contributed by atoms with van der Waals surface area (Å²) in [5.41, 5.74) is 4.26. The van der Waals surface area contributed by atoms with Gasteiger partial charge in [0.25, 0.3) is 0 Å². The van der Waals surface area contributed by atoms with Gasteiger partial charge in [-0.25, -0.2) is 5.48 Å². The molecule has 2 saturated heterocycles. The number of benzene rings is 2. The number of ether oxygens (including phenoxy) is 3. The number of hydrogen-bond acceptors (Lipinski definition) is 9. The summed E-state index contributed by atoms with van der Waals surface area (Å²) in [7, 11) is 0. The number of aliphatic hydroxyl groups is 1. The van der Waals surface area contributed by atoms with E-state index in [1.165, 1.54) is 0 Å². The minimum absolute atomic E-state index is 0.0368. The number of esters is 1. The number of hydroxylamine groups is 1. The Balaban J connectivity index is 1.43. The summed E-state index contributed by atoms with van der Waals surface area (Å²) in [6.07, 6.45) is 2.55. The molecule has 0 radical (unpaired) electrons. The van der Waals surface area contributed by atoms with Crippen LogP contribution in [0.15, 0.2) is 48.5 Å². The number of nitrogens with one attached hydrogen (secondary N) is 2. The first-order chi connectivity index (χ1) is 21.0. The zero-order valence-electron chi connectivity index (χ0n) is 25.8. The molecule has 2 heterocycles. The van der Waals surface area contributed by atoms with Crippen molar-refractivity contribution in [3.05, 3.63) is 65.2 Å². The molecule has 2 aromatic carbocycles. The van der Waals surface area contributed by atoms with Gasteiger partial charge in [0.2, 0.25) is 11.8 Å². The van der Waals surface area contributed by atoms with E-state index in [9.17, 15) is 19.5 Å². The minimum atomic E-state index is -0.665. The summed E-state index contributed by atoms with van der Waals surface area (Å²) in [4.78, 5) is 38.6. The number of aliphatic hydroxyl groups excluding tert-OH is 1. The molecule has 2 aliphatic rings. The van der Waals surface area contributed by atoms with Crippen molar-refractivity contribution < 1.29 is 38.9 Å². The van der Waals surface area contributed by atoms with Crippen molar-refractivity contribution in [2.75, 3.05) is 18.4 Å². The second-order valence-corrected chi connectivity index (χ2v) is 12.4. The van der Waals surface area contributed by atoms with E-state index < -0.39 is 17.8 Å². The Kier molecular flexibility index (Phi) is 11.9. The third-order valence-electron chi connectivity index (χ3n) is 7.74. The first-order valence-electron chi connectivity index (χ1n) is 15.3. The third kappa shape index (κ3) is 9.83. The number of carbonyl (C=O) groups excluding carboxylic acids is 3. The second kappa shape index (κ2) is 15.6. The molecule has 44 heavy (non-hydrogen) atoms. The number of unbranched alkanes of at least 4 members (excludes halogenated alkanes) is 1. The Morgan fingerprint density at radius 2 is 1.61 bits per heavy atom. The van der Waals surface area contributed by atoms with Gasteiger partial charge >= 0.3 is 5.97 Å². The molecule has 11 heteroatoms. The molecular weight excluding hydrogens is 566 g/mol. The molecule has 4 atom stereocenters. The molecule has 0 spiro atoms. The van der Waals surface area contributed by atoms with Crippen LogP contribution in [-0.2, 0) is 35.2 Å². The van der Waals surface area contributed by atoms with Crippen molar-refractivity contribution in [3.8, 4) is 0 Å². The van der Waals surface area contributed by atoms with Gasteiger partial charge < -0.3 is 24.6 Å². The summed E-state index contributed by atoms with van der Waals surface area (Å²) in [6.45, 7) is 6.94. The van der Waals surface area contributed by atoms with E-state index in [0.717, 1.165) is 36.1 Å². The maximum absolute atomic E-state index is 13.0. The van der Waals surface area contributed by atoms with Crippen LogP contribution in [0.2, 0.25) is 0 Å². The molecule has 240 valence electrons. The van der Waals surface area contributed by atoms with E-state index in [0.29, 0.717) is 31.5 Å². The standard InChI is InChI=1S/C33H45N3O8/c1-33(2,3)44-31(40)27-7-6-18-36(27)20-26-19-28(23-12-10-22(21-37)11-13-23)43-32(42-26)24-14-16-25(17-15-24)34-29(38)8-4-5-9-30(39)35-41/h10-17,26-28,32,37,41H,4-9,18-21H2,1-3H3,(H,34,38)(H,35,39)/t26-,27+,28+,32+/m1/s1. The summed E-state index contributed by atoms with van der Waals surface area (Å²) >= 11 is 0. The molecule has 0 aliphatic carbocycles. The zero-order valence-corrected chi connectivity index (χ0v) is 25.8. The van der Waals surface area contributed by atoms with Gasteiger partial charge in [-0.1, -0.05) is 36.4 Å². The van der Waals surface area contributed by atoms with Gasteiger partial charge in [0, 0.05) is 37.1 Å². The highest BCUT2D eigenvalue weighted by molar-refractivity contribution is 5.90. The highest BCUT2D eigenvalue weighted by atomic mass is 16.7. The normalized spacial score (nSPS) is 22.4. The lowest BCUT2D eigenvalue weighted by Crippen LogP contribution is -2.45.